The zero-order chi connectivity index (χ0) is 14.4. The van der Waals surface area contributed by atoms with Crippen molar-refractivity contribution in [3.63, 3.8) is 0 Å². The van der Waals surface area contributed by atoms with Gasteiger partial charge in [-0.2, -0.15) is 0 Å². The molecule has 1 aromatic rings. The Kier molecular flexibility index (Phi) is 2.96. The number of alkyl halides is 1. The van der Waals surface area contributed by atoms with E-state index in [0.29, 0.717) is 11.5 Å². The van der Waals surface area contributed by atoms with Gasteiger partial charge in [0.05, 0.1) is 5.56 Å². The van der Waals surface area contributed by atoms with Crippen molar-refractivity contribution in [2.45, 2.75) is 37.0 Å². The molecule has 5 heteroatoms. The quantitative estimate of drug-likeness (QED) is 0.667. The topological polar surface area (TPSA) is 54.0 Å². The van der Waals surface area contributed by atoms with Crippen LogP contribution in [-0.2, 0) is 0 Å². The summed E-state index contributed by atoms with van der Waals surface area (Å²) in [6, 6.07) is 3.52. The van der Waals surface area contributed by atoms with E-state index in [1.165, 1.54) is 17.7 Å². The van der Waals surface area contributed by atoms with Gasteiger partial charge in [0, 0.05) is 28.9 Å². The molecule has 3 atom stereocenters. The van der Waals surface area contributed by atoms with Crippen molar-refractivity contribution in [2.24, 2.45) is 11.8 Å². The van der Waals surface area contributed by atoms with Crippen LogP contribution in [0.25, 0.3) is 0 Å². The number of rotatable bonds is 3. The Hall–Kier alpha value is -1.55. The van der Waals surface area contributed by atoms with Crippen molar-refractivity contribution in [1.29, 1.82) is 0 Å². The minimum Gasteiger partial charge on any atom is -0.302 e. The lowest BCUT2D eigenvalue weighted by Gasteiger charge is -2.51. The Labute approximate surface area is 128 Å². The van der Waals surface area contributed by atoms with Gasteiger partial charge in [0.15, 0.2) is 0 Å². The van der Waals surface area contributed by atoms with Crippen molar-refractivity contribution in [3.8, 4) is 0 Å². The summed E-state index contributed by atoms with van der Waals surface area (Å²) in [4.78, 5) is 16.0. The van der Waals surface area contributed by atoms with Gasteiger partial charge in [0.1, 0.15) is 0 Å². The Morgan fingerprint density at radius 1 is 1.43 bits per heavy atom. The van der Waals surface area contributed by atoms with Gasteiger partial charge >= 0.3 is 0 Å². The highest BCUT2D eigenvalue weighted by atomic mass is 35.5. The lowest BCUT2D eigenvalue weighted by molar-refractivity contribution is 0.0928. The Balaban J connectivity index is 1.49. The molecule has 21 heavy (non-hydrogen) atoms. The summed E-state index contributed by atoms with van der Waals surface area (Å²) in [6.07, 6.45) is 8.71. The zero-order valence-corrected chi connectivity index (χ0v) is 12.5. The molecule has 4 bridgehead atoms. The molecule has 2 fully saturated rings. The van der Waals surface area contributed by atoms with E-state index in [0.717, 1.165) is 31.6 Å². The van der Waals surface area contributed by atoms with E-state index >= 15 is 0 Å². The zero-order valence-electron chi connectivity index (χ0n) is 11.7. The number of hydrogen-bond donors (Lipinski definition) is 2. The first-order chi connectivity index (χ1) is 10.1. The third-order valence-electron chi connectivity index (χ3n) is 4.97. The van der Waals surface area contributed by atoms with Crippen molar-refractivity contribution < 1.29 is 4.79 Å². The number of hydrogen-bond acceptors (Lipinski definition) is 3. The largest absolute Gasteiger partial charge is 0.302 e. The number of halogens is 1. The lowest BCUT2D eigenvalue weighted by Crippen LogP contribution is -2.50. The monoisotopic (exact) mass is 303 g/mol. The van der Waals surface area contributed by atoms with Crippen LogP contribution in [0.2, 0.25) is 0 Å². The van der Waals surface area contributed by atoms with E-state index in [-0.39, 0.29) is 10.8 Å². The molecule has 4 aliphatic rings. The molecule has 2 N–H and O–H groups in total. The molecule has 1 amide bonds. The molecule has 0 aliphatic heterocycles. The van der Waals surface area contributed by atoms with Gasteiger partial charge < -0.3 is 5.43 Å². The van der Waals surface area contributed by atoms with Gasteiger partial charge in [0.25, 0.3) is 5.91 Å². The maximum Gasteiger partial charge on any atom is 0.271 e. The molecule has 4 aliphatic carbocycles. The van der Waals surface area contributed by atoms with Crippen LogP contribution < -0.4 is 10.9 Å². The third kappa shape index (κ3) is 2.31. The van der Waals surface area contributed by atoms with E-state index < -0.39 is 0 Å². The number of aromatic nitrogens is 1. The fraction of sp³-hybridized carbons (Fsp3) is 0.500. The second-order valence-corrected chi connectivity index (χ2v) is 7.38. The number of carbonyl (C=O) groups is 1. The van der Waals surface area contributed by atoms with Gasteiger partial charge in [-0.05, 0) is 55.7 Å². The molecule has 110 valence electrons. The summed E-state index contributed by atoms with van der Waals surface area (Å²) in [5.74, 6) is 1.07. The van der Waals surface area contributed by atoms with Crippen LogP contribution in [0.5, 0.6) is 0 Å². The number of pyridine rings is 1. The molecular weight excluding hydrogens is 286 g/mol. The predicted molar refractivity (Wildman–Crippen MR) is 80.5 cm³/mol. The number of amides is 1. The number of nitrogens with zero attached hydrogens (tertiary/aromatic N) is 1. The number of hydrazine groups is 1. The van der Waals surface area contributed by atoms with Gasteiger partial charge in [-0.1, -0.05) is 0 Å². The second-order valence-electron chi connectivity index (χ2n) is 6.58. The molecule has 0 radical (unpaired) electrons. The average molecular weight is 304 g/mol. The molecule has 1 aromatic heterocycles. The summed E-state index contributed by atoms with van der Waals surface area (Å²) >= 11 is 6.70. The standard InChI is InChI=1S/C16H18ClN3O/c17-16-6-10-4-12(7-16)14(13(5-10)8-16)19-20-15(21)11-2-1-3-18-9-11/h1-3,9-10,12,19H,4-8H2,(H,20,21). The van der Waals surface area contributed by atoms with E-state index in [2.05, 4.69) is 15.8 Å². The van der Waals surface area contributed by atoms with Crippen LogP contribution in [0, 0.1) is 11.8 Å². The van der Waals surface area contributed by atoms with E-state index in [4.69, 9.17) is 11.6 Å². The maximum atomic E-state index is 12.1. The lowest BCUT2D eigenvalue weighted by atomic mass is 9.59. The van der Waals surface area contributed by atoms with Gasteiger partial charge in [0.2, 0.25) is 0 Å². The van der Waals surface area contributed by atoms with Gasteiger partial charge in [-0.3, -0.25) is 15.2 Å². The highest BCUT2D eigenvalue weighted by Crippen LogP contribution is 2.57. The molecular formula is C16H18ClN3O. The average Bonchev–Trinajstić information content (AvgIpc) is 2.45. The fourth-order valence-corrected chi connectivity index (χ4v) is 4.88. The van der Waals surface area contributed by atoms with Gasteiger partial charge in [-0.15, -0.1) is 11.6 Å². The summed E-state index contributed by atoms with van der Waals surface area (Å²) in [5.41, 5.74) is 9.17. The minimum atomic E-state index is -0.148. The van der Waals surface area contributed by atoms with E-state index in [9.17, 15) is 4.79 Å². The number of allylic oxidation sites excluding steroid dienone is 2. The van der Waals surface area contributed by atoms with Gasteiger partial charge in [-0.25, -0.2) is 0 Å². The molecule has 0 spiro atoms. The highest BCUT2D eigenvalue weighted by Gasteiger charge is 2.49. The highest BCUT2D eigenvalue weighted by molar-refractivity contribution is 6.24. The van der Waals surface area contributed by atoms with Crippen molar-refractivity contribution in [1.82, 2.24) is 15.8 Å². The molecule has 5 rings (SSSR count). The molecule has 4 nitrogen and oxygen atoms in total. The van der Waals surface area contributed by atoms with Crippen LogP contribution in [0.3, 0.4) is 0 Å². The Morgan fingerprint density at radius 3 is 3.05 bits per heavy atom. The van der Waals surface area contributed by atoms with Crippen LogP contribution in [0.4, 0.5) is 0 Å². The predicted octanol–water partition coefficient (Wildman–Crippen LogP) is 2.77. The van der Waals surface area contributed by atoms with Crippen LogP contribution in [0.15, 0.2) is 35.8 Å². The van der Waals surface area contributed by atoms with Crippen molar-refractivity contribution >= 4 is 17.5 Å². The molecule has 1 heterocycles. The smallest absolute Gasteiger partial charge is 0.271 e. The van der Waals surface area contributed by atoms with E-state index in [1.807, 2.05) is 0 Å². The fourth-order valence-electron chi connectivity index (χ4n) is 4.31. The normalized spacial score (nSPS) is 33.2. The van der Waals surface area contributed by atoms with E-state index in [1.54, 1.807) is 24.5 Å². The first-order valence-corrected chi connectivity index (χ1v) is 7.88. The minimum absolute atomic E-state index is 0.0142. The van der Waals surface area contributed by atoms with Crippen LogP contribution in [-0.4, -0.2) is 15.8 Å². The van der Waals surface area contributed by atoms with Crippen LogP contribution >= 0.6 is 11.6 Å². The van der Waals surface area contributed by atoms with Crippen molar-refractivity contribution in [2.75, 3.05) is 0 Å². The molecule has 3 unspecified atom stereocenters. The molecule has 0 saturated heterocycles. The third-order valence-corrected chi connectivity index (χ3v) is 5.42. The Morgan fingerprint density at radius 2 is 2.33 bits per heavy atom. The summed E-state index contributed by atoms with van der Waals surface area (Å²) in [6.45, 7) is 0. The SMILES string of the molecule is O=C(NNC1=C2CC3CC1CC(Cl)(C2)C3)c1cccnc1. The first kappa shape index (κ1) is 13.1. The number of carbonyl (C=O) groups excluding carboxylic acids is 1. The Bertz CT molecular complexity index is 615. The van der Waals surface area contributed by atoms with Crippen LogP contribution in [0.1, 0.15) is 42.5 Å². The maximum absolute atomic E-state index is 12.1. The summed E-state index contributed by atoms with van der Waals surface area (Å²) in [5, 5.41) is 0. The van der Waals surface area contributed by atoms with Crippen molar-refractivity contribution in [3.05, 3.63) is 41.4 Å². The molecule has 0 aromatic carbocycles. The second kappa shape index (κ2) is 4.73. The number of nitrogens with one attached hydrogen (secondary N) is 2. The summed E-state index contributed by atoms with van der Waals surface area (Å²) < 4.78 is 0. The molecule has 2 saturated carbocycles. The summed E-state index contributed by atoms with van der Waals surface area (Å²) in [7, 11) is 0. The first-order valence-electron chi connectivity index (χ1n) is 7.50.